The van der Waals surface area contributed by atoms with Crippen LogP contribution in [-0.4, -0.2) is 113 Å². The maximum atomic E-state index is 15.6. The average molecular weight is 920 g/mol. The molecule has 0 unspecified atom stereocenters. The minimum absolute atomic E-state index is 0.118. The molecule has 2 aromatic carbocycles. The summed E-state index contributed by atoms with van der Waals surface area (Å²) < 4.78 is 42.4. The predicted octanol–water partition coefficient (Wildman–Crippen LogP) is 5.60. The van der Waals surface area contributed by atoms with Gasteiger partial charge in [0.15, 0.2) is 5.60 Å². The van der Waals surface area contributed by atoms with Crippen LogP contribution < -0.4 is 5.32 Å². The summed E-state index contributed by atoms with van der Waals surface area (Å²) in [4.78, 5) is 96.2. The number of amides is 1. The molecule has 358 valence electrons. The zero-order valence-corrected chi connectivity index (χ0v) is 39.0. The van der Waals surface area contributed by atoms with Gasteiger partial charge in [0.2, 0.25) is 6.10 Å². The number of ketones is 1. The normalized spacial score (nSPS) is 30.9. The highest BCUT2D eigenvalue weighted by molar-refractivity contribution is 5.92. The van der Waals surface area contributed by atoms with Gasteiger partial charge in [0.1, 0.15) is 41.3 Å². The lowest BCUT2D eigenvalue weighted by Crippen LogP contribution is -2.81. The van der Waals surface area contributed by atoms with E-state index in [1.165, 1.54) is 26.2 Å². The molecule has 66 heavy (non-hydrogen) atoms. The molecular formula is C49H61NO16. The Balaban J connectivity index is 1.54. The number of fused-ring (bicyclic) bond motifs is 5. The molecule has 2 saturated carbocycles. The molecule has 1 heterocycles. The third-order valence-electron chi connectivity index (χ3n) is 13.9. The standard InChI is InChI=1S/C49H61NO16/c1-26-31(62-43(57)38(63-35(54)22-21-34(52)53)37(29-17-13-11-14-18-29)50-44(58)66-45(4,5)6)24-49(59)41(64-42(56)30-19-15-12-16-20-30)39-47(9,40(55)27(2)36(26)46(49,7)8)32(60-10)23-33-48(39,25-61-33)65-28(3)51/h11-20,27,31-33,37-39,41,59H,21-25H2,1-10H3,(H,50,58)(H,52,53)/t27-,31+,32+,33-,37+,38-,39+,41+,47-,48+,49-/m1/s1. The van der Waals surface area contributed by atoms with Gasteiger partial charge in [-0.05, 0) is 63.5 Å². The molecule has 1 aliphatic heterocycles. The summed E-state index contributed by atoms with van der Waals surface area (Å²) in [7, 11) is 1.44. The Morgan fingerprint density at radius 2 is 1.56 bits per heavy atom. The van der Waals surface area contributed by atoms with Crippen molar-refractivity contribution in [2.24, 2.45) is 22.7 Å². The number of nitrogens with one attached hydrogen (secondary N) is 1. The van der Waals surface area contributed by atoms with Gasteiger partial charge in [0.05, 0.1) is 42.4 Å². The molecule has 3 N–H and O–H groups in total. The highest BCUT2D eigenvalue weighted by Crippen LogP contribution is 2.65. The van der Waals surface area contributed by atoms with Gasteiger partial charge < -0.3 is 48.7 Å². The van der Waals surface area contributed by atoms with Crippen molar-refractivity contribution in [3.8, 4) is 0 Å². The summed E-state index contributed by atoms with van der Waals surface area (Å²) in [5.41, 5.74) is -6.76. The minimum Gasteiger partial charge on any atom is -0.481 e. The van der Waals surface area contributed by atoms with E-state index in [4.69, 9.17) is 33.2 Å². The lowest BCUT2D eigenvalue weighted by molar-refractivity contribution is -0.346. The van der Waals surface area contributed by atoms with Crippen molar-refractivity contribution in [3.63, 3.8) is 0 Å². The number of rotatable bonds is 13. The molecule has 0 spiro atoms. The number of carboxylic acids is 1. The number of methoxy groups -OCH3 is 1. The van der Waals surface area contributed by atoms with E-state index in [0.717, 1.165) is 0 Å². The van der Waals surface area contributed by atoms with E-state index in [9.17, 15) is 39.0 Å². The monoisotopic (exact) mass is 919 g/mol. The molecule has 1 amide bonds. The third-order valence-corrected chi connectivity index (χ3v) is 13.9. The first-order valence-corrected chi connectivity index (χ1v) is 22.1. The van der Waals surface area contributed by atoms with Crippen LogP contribution in [0.15, 0.2) is 71.8 Å². The Morgan fingerprint density at radius 3 is 2.11 bits per heavy atom. The van der Waals surface area contributed by atoms with Gasteiger partial charge in [-0.3, -0.25) is 19.2 Å². The van der Waals surface area contributed by atoms with E-state index in [1.54, 1.807) is 104 Å². The van der Waals surface area contributed by atoms with Crippen LogP contribution >= 0.6 is 0 Å². The fraction of sp³-hybridized carbons (Fsp3) is 0.571. The number of hydrogen-bond donors (Lipinski definition) is 3. The Hall–Kier alpha value is -5.65. The quantitative estimate of drug-likeness (QED) is 0.126. The summed E-state index contributed by atoms with van der Waals surface area (Å²) >= 11 is 0. The number of ether oxygens (including phenoxy) is 7. The Bertz CT molecular complexity index is 2250. The van der Waals surface area contributed by atoms with Gasteiger partial charge in [0.25, 0.3) is 0 Å². The Morgan fingerprint density at radius 1 is 0.939 bits per heavy atom. The Kier molecular flexibility index (Phi) is 14.0. The Labute approximate surface area is 383 Å². The van der Waals surface area contributed by atoms with E-state index in [1.807, 2.05) is 0 Å². The van der Waals surface area contributed by atoms with Crippen LogP contribution in [0.3, 0.4) is 0 Å². The zero-order valence-electron chi connectivity index (χ0n) is 39.0. The molecule has 1 saturated heterocycles. The topological polar surface area (TPSA) is 237 Å². The first kappa shape index (κ1) is 49.8. The number of aliphatic carboxylic acids is 1. The summed E-state index contributed by atoms with van der Waals surface area (Å²) in [5, 5.41) is 25.8. The number of benzene rings is 2. The van der Waals surface area contributed by atoms with Crippen molar-refractivity contribution in [3.05, 3.63) is 82.9 Å². The van der Waals surface area contributed by atoms with Crippen LogP contribution in [-0.2, 0) is 57.1 Å². The first-order chi connectivity index (χ1) is 30.8. The number of carbonyl (C=O) groups is 7. The van der Waals surface area contributed by atoms with Crippen LogP contribution in [0.4, 0.5) is 4.79 Å². The van der Waals surface area contributed by atoms with Gasteiger partial charge in [-0.15, -0.1) is 0 Å². The van der Waals surface area contributed by atoms with Crippen molar-refractivity contribution in [1.29, 1.82) is 0 Å². The molecule has 0 radical (unpaired) electrons. The van der Waals surface area contributed by atoms with Crippen LogP contribution in [0.1, 0.15) is 110 Å². The number of hydrogen-bond acceptors (Lipinski definition) is 15. The molecule has 2 bridgehead atoms. The number of carboxylic acid groups (broad SMARTS) is 1. The second-order valence-corrected chi connectivity index (χ2v) is 19.5. The smallest absolute Gasteiger partial charge is 0.408 e. The summed E-state index contributed by atoms with van der Waals surface area (Å²) in [6.45, 7) is 14.3. The molecule has 4 aliphatic rings. The predicted molar refractivity (Wildman–Crippen MR) is 232 cm³/mol. The number of Topliss-reactive ketones (excluding diaryl/α,β-unsaturated/α-hetero) is 1. The van der Waals surface area contributed by atoms with Gasteiger partial charge in [0, 0.05) is 38.2 Å². The highest BCUT2D eigenvalue weighted by Gasteiger charge is 2.78. The van der Waals surface area contributed by atoms with E-state index < -0.39 is 131 Å². The van der Waals surface area contributed by atoms with E-state index in [2.05, 4.69) is 5.32 Å². The maximum Gasteiger partial charge on any atom is 0.408 e. The molecule has 0 aromatic heterocycles. The largest absolute Gasteiger partial charge is 0.481 e. The van der Waals surface area contributed by atoms with E-state index in [0.29, 0.717) is 11.1 Å². The summed E-state index contributed by atoms with van der Waals surface area (Å²) in [6.07, 6.45) is -9.40. The minimum atomic E-state index is -2.25. The number of aliphatic hydroxyl groups is 1. The molecule has 3 fully saturated rings. The molecule has 17 heteroatoms. The van der Waals surface area contributed by atoms with Crippen molar-refractivity contribution < 1.29 is 76.9 Å². The molecule has 3 aliphatic carbocycles. The molecule has 17 nitrogen and oxygen atoms in total. The first-order valence-electron chi connectivity index (χ1n) is 22.1. The number of carbonyl (C=O) groups excluding carboxylic acids is 6. The SMILES string of the molecule is CO[C@H]1C[C@H]2OC[C@@]2(OC(C)=O)[C@H]2[C@H](OC(=O)c3ccccc3)[C@]3(O)C[C@H](OC(=O)[C@H](OC(=O)CCC(=O)O)[C@@H](NC(=O)OC(C)(C)C)c4ccccc4)C(C)=C([C@@H](C)C(=O)[C@]12C)C3(C)C. The number of alkyl carbamates (subject to hydrolysis) is 1. The van der Waals surface area contributed by atoms with Crippen LogP contribution in [0.25, 0.3) is 0 Å². The van der Waals surface area contributed by atoms with E-state index >= 15 is 4.79 Å². The van der Waals surface area contributed by atoms with Gasteiger partial charge in [-0.25, -0.2) is 14.4 Å². The van der Waals surface area contributed by atoms with Gasteiger partial charge >= 0.3 is 35.9 Å². The lowest BCUT2D eigenvalue weighted by atomic mass is 9.43. The van der Waals surface area contributed by atoms with Crippen LogP contribution in [0.5, 0.6) is 0 Å². The average Bonchev–Trinajstić information content (AvgIpc) is 3.23. The third kappa shape index (κ3) is 9.08. The van der Waals surface area contributed by atoms with Crippen LogP contribution in [0, 0.1) is 22.7 Å². The molecule has 6 rings (SSSR count). The van der Waals surface area contributed by atoms with Crippen molar-refractivity contribution in [2.45, 2.75) is 141 Å². The maximum absolute atomic E-state index is 15.6. The van der Waals surface area contributed by atoms with Gasteiger partial charge in [-0.2, -0.15) is 0 Å². The molecule has 11 atom stereocenters. The zero-order chi connectivity index (χ0) is 48.7. The van der Waals surface area contributed by atoms with E-state index in [-0.39, 0.29) is 29.9 Å². The fourth-order valence-electron chi connectivity index (χ4n) is 10.9. The fourth-order valence-corrected chi connectivity index (χ4v) is 10.9. The second-order valence-electron chi connectivity index (χ2n) is 19.5. The van der Waals surface area contributed by atoms with Crippen molar-refractivity contribution >= 4 is 41.7 Å². The van der Waals surface area contributed by atoms with Crippen molar-refractivity contribution in [1.82, 2.24) is 5.32 Å². The highest BCUT2D eigenvalue weighted by atomic mass is 16.6. The number of esters is 4. The second kappa shape index (κ2) is 18.6. The molecular weight excluding hydrogens is 859 g/mol. The summed E-state index contributed by atoms with van der Waals surface area (Å²) in [5.74, 6) is -7.89. The summed E-state index contributed by atoms with van der Waals surface area (Å²) in [6, 6.07) is 14.6. The van der Waals surface area contributed by atoms with Crippen LogP contribution in [0.2, 0.25) is 0 Å². The molecule has 2 aromatic rings. The lowest BCUT2D eigenvalue weighted by Gasteiger charge is -2.68. The van der Waals surface area contributed by atoms with Gasteiger partial charge in [-0.1, -0.05) is 69.3 Å². The van der Waals surface area contributed by atoms with Crippen molar-refractivity contribution in [2.75, 3.05) is 13.7 Å².